The van der Waals surface area contributed by atoms with Crippen LogP contribution in [0, 0.1) is 5.92 Å². The minimum atomic E-state index is -0.114. The molecule has 1 amide bonds. The molecule has 6 heteroatoms. The van der Waals surface area contributed by atoms with Crippen LogP contribution in [0.15, 0.2) is 30.3 Å². The highest BCUT2D eigenvalue weighted by molar-refractivity contribution is 5.79. The second-order valence-electron chi connectivity index (χ2n) is 7.01. The molecule has 142 valence electrons. The number of rotatable bonds is 5. The minimum absolute atomic E-state index is 0.0478. The van der Waals surface area contributed by atoms with Crippen molar-refractivity contribution in [1.29, 1.82) is 0 Å². The SMILES string of the molecule is CCOC(=O)C1CCN(C(=O)CN2CCN(c3ccccc3)CC2)CC1. The van der Waals surface area contributed by atoms with E-state index in [2.05, 4.69) is 34.1 Å². The summed E-state index contributed by atoms with van der Waals surface area (Å²) in [6.07, 6.45) is 1.43. The van der Waals surface area contributed by atoms with Gasteiger partial charge in [-0.25, -0.2) is 0 Å². The van der Waals surface area contributed by atoms with Crippen LogP contribution in [0.2, 0.25) is 0 Å². The number of carbonyl (C=O) groups excluding carboxylic acids is 2. The topological polar surface area (TPSA) is 53.1 Å². The number of piperidine rings is 1. The molecule has 0 aromatic heterocycles. The van der Waals surface area contributed by atoms with Crippen LogP contribution in [0.25, 0.3) is 0 Å². The van der Waals surface area contributed by atoms with Crippen LogP contribution >= 0.6 is 0 Å². The van der Waals surface area contributed by atoms with Crippen LogP contribution in [0.5, 0.6) is 0 Å². The van der Waals surface area contributed by atoms with Gasteiger partial charge in [0.15, 0.2) is 0 Å². The van der Waals surface area contributed by atoms with Crippen molar-refractivity contribution >= 4 is 17.6 Å². The molecule has 2 aliphatic rings. The molecule has 2 aliphatic heterocycles. The molecule has 26 heavy (non-hydrogen) atoms. The molecule has 0 aliphatic carbocycles. The Morgan fingerprint density at radius 2 is 1.65 bits per heavy atom. The van der Waals surface area contributed by atoms with E-state index < -0.39 is 0 Å². The van der Waals surface area contributed by atoms with Gasteiger partial charge in [-0.1, -0.05) is 18.2 Å². The number of para-hydroxylation sites is 1. The third-order valence-electron chi connectivity index (χ3n) is 5.32. The Kier molecular flexibility index (Phi) is 6.50. The molecule has 0 atom stereocenters. The monoisotopic (exact) mass is 359 g/mol. The Morgan fingerprint density at radius 1 is 1.00 bits per heavy atom. The van der Waals surface area contributed by atoms with E-state index in [9.17, 15) is 9.59 Å². The smallest absolute Gasteiger partial charge is 0.309 e. The number of carbonyl (C=O) groups is 2. The first-order valence-corrected chi connectivity index (χ1v) is 9.64. The molecule has 3 rings (SSSR count). The Labute approximate surface area is 155 Å². The van der Waals surface area contributed by atoms with Crippen molar-refractivity contribution in [1.82, 2.24) is 9.80 Å². The van der Waals surface area contributed by atoms with Crippen LogP contribution < -0.4 is 4.90 Å². The molecule has 0 spiro atoms. The number of benzene rings is 1. The van der Waals surface area contributed by atoms with Crippen molar-refractivity contribution in [3.63, 3.8) is 0 Å². The quantitative estimate of drug-likeness (QED) is 0.748. The number of anilines is 1. The zero-order valence-electron chi connectivity index (χ0n) is 15.6. The fourth-order valence-corrected chi connectivity index (χ4v) is 3.72. The summed E-state index contributed by atoms with van der Waals surface area (Å²) in [5.74, 6) is 0.0190. The summed E-state index contributed by atoms with van der Waals surface area (Å²) in [6.45, 7) is 7.75. The summed E-state index contributed by atoms with van der Waals surface area (Å²) in [5.41, 5.74) is 1.25. The Morgan fingerprint density at radius 3 is 2.27 bits per heavy atom. The third kappa shape index (κ3) is 4.75. The number of amides is 1. The normalized spacial score (nSPS) is 19.4. The lowest BCUT2D eigenvalue weighted by Crippen LogP contribution is -2.51. The molecule has 0 saturated carbocycles. The van der Waals surface area contributed by atoms with Crippen molar-refractivity contribution in [3.05, 3.63) is 30.3 Å². The third-order valence-corrected chi connectivity index (χ3v) is 5.32. The van der Waals surface area contributed by atoms with E-state index in [-0.39, 0.29) is 17.8 Å². The minimum Gasteiger partial charge on any atom is -0.466 e. The molecular formula is C20H29N3O3. The predicted molar refractivity (Wildman–Crippen MR) is 101 cm³/mol. The zero-order chi connectivity index (χ0) is 18.4. The van der Waals surface area contributed by atoms with Gasteiger partial charge in [0.05, 0.1) is 19.1 Å². The molecule has 1 aromatic rings. The lowest BCUT2D eigenvalue weighted by Gasteiger charge is -2.37. The van der Waals surface area contributed by atoms with Gasteiger partial charge in [-0.15, -0.1) is 0 Å². The Hall–Kier alpha value is -2.08. The van der Waals surface area contributed by atoms with Crippen molar-refractivity contribution < 1.29 is 14.3 Å². The molecule has 2 fully saturated rings. The number of esters is 1. The number of ether oxygens (including phenoxy) is 1. The van der Waals surface area contributed by atoms with E-state index in [1.54, 1.807) is 0 Å². The first-order valence-electron chi connectivity index (χ1n) is 9.64. The highest BCUT2D eigenvalue weighted by Gasteiger charge is 2.29. The van der Waals surface area contributed by atoms with Gasteiger partial charge >= 0.3 is 5.97 Å². The average Bonchev–Trinajstić information content (AvgIpc) is 2.69. The number of hydrogen-bond donors (Lipinski definition) is 0. The van der Waals surface area contributed by atoms with E-state index in [0.29, 0.717) is 39.1 Å². The second kappa shape index (κ2) is 9.03. The van der Waals surface area contributed by atoms with Crippen molar-refractivity contribution in [2.75, 3.05) is 57.3 Å². The number of nitrogens with zero attached hydrogens (tertiary/aromatic N) is 3. The van der Waals surface area contributed by atoms with Gasteiger partial charge in [0.25, 0.3) is 0 Å². The van der Waals surface area contributed by atoms with Gasteiger partial charge < -0.3 is 14.5 Å². The molecule has 1 aromatic carbocycles. The maximum atomic E-state index is 12.6. The second-order valence-corrected chi connectivity index (χ2v) is 7.01. The highest BCUT2D eigenvalue weighted by Crippen LogP contribution is 2.19. The summed E-state index contributed by atoms with van der Waals surface area (Å²) >= 11 is 0. The molecule has 0 unspecified atom stereocenters. The van der Waals surface area contributed by atoms with Gasteiger partial charge in [0.2, 0.25) is 5.91 Å². The molecular weight excluding hydrogens is 330 g/mol. The van der Waals surface area contributed by atoms with Crippen LogP contribution in [0.4, 0.5) is 5.69 Å². The van der Waals surface area contributed by atoms with Gasteiger partial charge in [0, 0.05) is 45.0 Å². The summed E-state index contributed by atoms with van der Waals surface area (Å²) < 4.78 is 5.09. The summed E-state index contributed by atoms with van der Waals surface area (Å²) in [6, 6.07) is 10.4. The molecule has 0 N–H and O–H groups in total. The maximum absolute atomic E-state index is 12.6. The zero-order valence-corrected chi connectivity index (χ0v) is 15.6. The van der Waals surface area contributed by atoms with Crippen LogP contribution in [-0.4, -0.2) is 74.1 Å². The first kappa shape index (κ1) is 18.7. The highest BCUT2D eigenvalue weighted by atomic mass is 16.5. The van der Waals surface area contributed by atoms with E-state index in [1.165, 1.54) is 5.69 Å². The van der Waals surface area contributed by atoms with E-state index in [1.807, 2.05) is 17.9 Å². The molecule has 2 heterocycles. The van der Waals surface area contributed by atoms with Crippen molar-refractivity contribution in [2.24, 2.45) is 5.92 Å². The Balaban J connectivity index is 1.40. The number of piperazine rings is 1. The molecule has 0 bridgehead atoms. The summed E-state index contributed by atoms with van der Waals surface area (Å²) in [7, 11) is 0. The van der Waals surface area contributed by atoms with Crippen molar-refractivity contribution in [3.8, 4) is 0 Å². The summed E-state index contributed by atoms with van der Waals surface area (Å²) in [4.78, 5) is 30.9. The first-order chi connectivity index (χ1) is 12.7. The summed E-state index contributed by atoms with van der Waals surface area (Å²) in [5, 5.41) is 0. The number of likely N-dealkylation sites (tertiary alicyclic amines) is 1. The largest absolute Gasteiger partial charge is 0.466 e. The molecule has 2 saturated heterocycles. The lowest BCUT2D eigenvalue weighted by molar-refractivity contribution is -0.151. The molecule has 6 nitrogen and oxygen atoms in total. The van der Waals surface area contributed by atoms with E-state index in [0.717, 1.165) is 26.2 Å². The van der Waals surface area contributed by atoms with Gasteiger partial charge in [-0.05, 0) is 31.9 Å². The van der Waals surface area contributed by atoms with Crippen LogP contribution in [0.3, 0.4) is 0 Å². The molecule has 0 radical (unpaired) electrons. The van der Waals surface area contributed by atoms with Crippen LogP contribution in [-0.2, 0) is 14.3 Å². The van der Waals surface area contributed by atoms with Crippen molar-refractivity contribution in [2.45, 2.75) is 19.8 Å². The fraction of sp³-hybridized carbons (Fsp3) is 0.600. The maximum Gasteiger partial charge on any atom is 0.309 e. The van der Waals surface area contributed by atoms with E-state index >= 15 is 0 Å². The fourth-order valence-electron chi connectivity index (χ4n) is 3.72. The average molecular weight is 359 g/mol. The predicted octanol–water partition coefficient (Wildman–Crippen LogP) is 1.61. The van der Waals surface area contributed by atoms with Gasteiger partial charge in [0.1, 0.15) is 0 Å². The standard InChI is InChI=1S/C20H29N3O3/c1-2-26-20(25)17-8-10-23(11-9-17)19(24)16-21-12-14-22(15-13-21)18-6-4-3-5-7-18/h3-7,17H,2,8-16H2,1H3. The van der Waals surface area contributed by atoms with Gasteiger partial charge in [-0.3, -0.25) is 14.5 Å². The Bertz CT molecular complexity index is 592. The van der Waals surface area contributed by atoms with E-state index in [4.69, 9.17) is 4.74 Å². The number of hydrogen-bond acceptors (Lipinski definition) is 5. The lowest BCUT2D eigenvalue weighted by atomic mass is 9.97. The van der Waals surface area contributed by atoms with Gasteiger partial charge in [-0.2, -0.15) is 0 Å². The van der Waals surface area contributed by atoms with Crippen LogP contribution in [0.1, 0.15) is 19.8 Å².